The first-order valence-corrected chi connectivity index (χ1v) is 10.1. The van der Waals surface area contributed by atoms with Crippen molar-refractivity contribution in [2.75, 3.05) is 0 Å². The summed E-state index contributed by atoms with van der Waals surface area (Å²) in [6, 6.07) is 4.34. The van der Waals surface area contributed by atoms with E-state index in [1.165, 1.54) is 38.5 Å². The third-order valence-corrected chi connectivity index (χ3v) is 5.87. The van der Waals surface area contributed by atoms with Crippen molar-refractivity contribution in [1.82, 2.24) is 10.1 Å². The highest BCUT2D eigenvalue weighted by Crippen LogP contribution is 2.32. The van der Waals surface area contributed by atoms with Gasteiger partial charge in [-0.2, -0.15) is 0 Å². The Kier molecular flexibility index (Phi) is 5.14. The molecule has 2 aliphatic carbocycles. The number of carbonyl (C=O) groups is 1. The molecular weight excluding hydrogens is 328 g/mol. The van der Waals surface area contributed by atoms with Gasteiger partial charge in [0.15, 0.2) is 11.5 Å². The van der Waals surface area contributed by atoms with Crippen molar-refractivity contribution in [3.05, 3.63) is 29.7 Å². The van der Waals surface area contributed by atoms with Crippen LogP contribution in [0.4, 0.5) is 0 Å². The maximum atomic E-state index is 13.4. The number of carbonyl (C=O) groups excluding carboxylic acids is 1. The number of hydrogen-bond acceptors (Lipinski definition) is 4. The zero-order valence-electron chi connectivity index (χ0n) is 15.6. The van der Waals surface area contributed by atoms with Crippen LogP contribution in [-0.4, -0.2) is 28.0 Å². The molecule has 2 aliphatic rings. The molecule has 0 saturated heterocycles. The summed E-state index contributed by atoms with van der Waals surface area (Å²) >= 11 is 0. The van der Waals surface area contributed by atoms with Crippen molar-refractivity contribution in [2.45, 2.75) is 83.2 Å². The summed E-state index contributed by atoms with van der Waals surface area (Å²) in [4.78, 5) is 15.5. The quantitative estimate of drug-likeness (QED) is 0.741. The lowest BCUT2D eigenvalue weighted by atomic mass is 9.88. The molecule has 0 radical (unpaired) electrons. The van der Waals surface area contributed by atoms with E-state index in [1.54, 1.807) is 12.3 Å². The van der Waals surface area contributed by atoms with E-state index in [4.69, 9.17) is 8.94 Å². The molecule has 0 bridgehead atoms. The summed E-state index contributed by atoms with van der Waals surface area (Å²) < 4.78 is 10.9. The number of hydrogen-bond donors (Lipinski definition) is 0. The molecule has 0 spiro atoms. The molecule has 140 valence electrons. The second-order valence-corrected chi connectivity index (χ2v) is 7.86. The largest absolute Gasteiger partial charge is 0.461 e. The Labute approximate surface area is 154 Å². The van der Waals surface area contributed by atoms with E-state index < -0.39 is 0 Å². The fourth-order valence-electron chi connectivity index (χ4n) is 4.53. The van der Waals surface area contributed by atoms with E-state index in [9.17, 15) is 4.79 Å². The average Bonchev–Trinajstić information content (AvgIpc) is 3.33. The van der Waals surface area contributed by atoms with Crippen LogP contribution in [0.1, 0.15) is 80.3 Å². The second kappa shape index (κ2) is 7.68. The van der Waals surface area contributed by atoms with Crippen LogP contribution in [0.25, 0.3) is 11.5 Å². The van der Waals surface area contributed by atoms with Gasteiger partial charge in [-0.25, -0.2) is 0 Å². The van der Waals surface area contributed by atoms with Gasteiger partial charge in [0.05, 0.1) is 6.26 Å². The first kappa shape index (κ1) is 17.4. The SMILES string of the molecule is Cc1coc(-c2cc(C(=O)N(C3CCCCC3)C3CCCCC3)no2)c1. The van der Waals surface area contributed by atoms with Crippen molar-refractivity contribution < 1.29 is 13.7 Å². The van der Waals surface area contributed by atoms with E-state index in [0.717, 1.165) is 31.2 Å². The van der Waals surface area contributed by atoms with Gasteiger partial charge in [-0.3, -0.25) is 4.79 Å². The summed E-state index contributed by atoms with van der Waals surface area (Å²) in [6.07, 6.45) is 13.6. The molecule has 0 atom stereocenters. The van der Waals surface area contributed by atoms with Crippen LogP contribution in [0.3, 0.4) is 0 Å². The van der Waals surface area contributed by atoms with E-state index in [0.29, 0.717) is 29.3 Å². The van der Waals surface area contributed by atoms with Crippen LogP contribution in [0.15, 0.2) is 27.3 Å². The number of amides is 1. The lowest BCUT2D eigenvalue weighted by Crippen LogP contribution is -2.48. The number of nitrogens with zero attached hydrogens (tertiary/aromatic N) is 2. The van der Waals surface area contributed by atoms with Crippen molar-refractivity contribution >= 4 is 5.91 Å². The lowest BCUT2D eigenvalue weighted by molar-refractivity contribution is 0.0438. The minimum Gasteiger partial charge on any atom is -0.461 e. The molecule has 0 aliphatic heterocycles. The molecule has 1 amide bonds. The van der Waals surface area contributed by atoms with Crippen molar-refractivity contribution in [3.8, 4) is 11.5 Å². The van der Waals surface area contributed by atoms with Crippen LogP contribution >= 0.6 is 0 Å². The molecule has 2 fully saturated rings. The predicted molar refractivity (Wildman–Crippen MR) is 98.9 cm³/mol. The Balaban J connectivity index is 1.58. The van der Waals surface area contributed by atoms with Crippen LogP contribution in [0.2, 0.25) is 0 Å². The topological polar surface area (TPSA) is 59.5 Å². The first-order chi connectivity index (χ1) is 12.7. The smallest absolute Gasteiger partial charge is 0.276 e. The van der Waals surface area contributed by atoms with Crippen LogP contribution in [-0.2, 0) is 0 Å². The maximum Gasteiger partial charge on any atom is 0.276 e. The van der Waals surface area contributed by atoms with Gasteiger partial charge >= 0.3 is 0 Å². The minimum absolute atomic E-state index is 0.0297. The Morgan fingerprint density at radius 2 is 1.58 bits per heavy atom. The van der Waals surface area contributed by atoms with Gasteiger partial charge in [0.25, 0.3) is 5.91 Å². The molecule has 0 unspecified atom stereocenters. The summed E-state index contributed by atoms with van der Waals surface area (Å²) in [5.41, 5.74) is 1.43. The van der Waals surface area contributed by atoms with Crippen molar-refractivity contribution in [1.29, 1.82) is 0 Å². The predicted octanol–water partition coefficient (Wildman–Crippen LogP) is 5.35. The second-order valence-electron chi connectivity index (χ2n) is 7.86. The van der Waals surface area contributed by atoms with Crippen molar-refractivity contribution in [2.24, 2.45) is 0 Å². The summed E-state index contributed by atoms with van der Waals surface area (Å²) in [6.45, 7) is 1.96. The number of aromatic nitrogens is 1. The molecule has 2 heterocycles. The standard InChI is InChI=1S/C21H28N2O3/c1-15-12-19(25-14-15)20-13-18(22-26-20)21(24)23(16-8-4-2-5-9-16)17-10-6-3-7-11-17/h12-14,16-17H,2-11H2,1H3. The normalized spacial score (nSPS) is 19.6. The molecule has 4 rings (SSSR count). The molecule has 5 heteroatoms. The Hall–Kier alpha value is -2.04. The first-order valence-electron chi connectivity index (χ1n) is 10.1. The van der Waals surface area contributed by atoms with Gasteiger partial charge in [-0.15, -0.1) is 0 Å². The minimum atomic E-state index is 0.0297. The summed E-state index contributed by atoms with van der Waals surface area (Å²) in [5, 5.41) is 4.09. The lowest BCUT2D eigenvalue weighted by Gasteiger charge is -2.41. The third-order valence-electron chi connectivity index (χ3n) is 5.87. The molecule has 2 saturated carbocycles. The molecular formula is C21H28N2O3. The van der Waals surface area contributed by atoms with Crippen LogP contribution in [0.5, 0.6) is 0 Å². The number of aryl methyl sites for hydroxylation is 1. The zero-order valence-corrected chi connectivity index (χ0v) is 15.6. The molecule has 0 N–H and O–H groups in total. The summed E-state index contributed by atoms with van der Waals surface area (Å²) in [5.74, 6) is 1.17. The van der Waals surface area contributed by atoms with Gasteiger partial charge in [0.2, 0.25) is 5.76 Å². The van der Waals surface area contributed by atoms with Crippen LogP contribution < -0.4 is 0 Å². The number of furan rings is 1. The van der Waals surface area contributed by atoms with E-state index in [-0.39, 0.29) is 5.91 Å². The van der Waals surface area contributed by atoms with Crippen molar-refractivity contribution in [3.63, 3.8) is 0 Å². The van der Waals surface area contributed by atoms with Gasteiger partial charge in [0.1, 0.15) is 0 Å². The van der Waals surface area contributed by atoms with Gasteiger partial charge in [0, 0.05) is 18.2 Å². The van der Waals surface area contributed by atoms with Gasteiger partial charge in [-0.05, 0) is 44.2 Å². The highest BCUT2D eigenvalue weighted by Gasteiger charge is 2.34. The van der Waals surface area contributed by atoms with E-state index in [2.05, 4.69) is 10.1 Å². The average molecular weight is 356 g/mol. The molecule has 2 aromatic heterocycles. The highest BCUT2D eigenvalue weighted by atomic mass is 16.5. The molecule has 0 aromatic carbocycles. The van der Waals surface area contributed by atoms with E-state index >= 15 is 0 Å². The van der Waals surface area contributed by atoms with E-state index in [1.807, 2.05) is 13.0 Å². The van der Waals surface area contributed by atoms with Crippen LogP contribution in [0, 0.1) is 6.92 Å². The zero-order chi connectivity index (χ0) is 17.9. The van der Waals surface area contributed by atoms with Gasteiger partial charge < -0.3 is 13.8 Å². The van der Waals surface area contributed by atoms with Gasteiger partial charge in [-0.1, -0.05) is 43.7 Å². The Bertz CT molecular complexity index is 718. The molecule has 5 nitrogen and oxygen atoms in total. The fourth-order valence-corrected chi connectivity index (χ4v) is 4.53. The monoisotopic (exact) mass is 356 g/mol. The molecule has 26 heavy (non-hydrogen) atoms. The Morgan fingerprint density at radius 1 is 0.962 bits per heavy atom. The molecule has 2 aromatic rings. The third kappa shape index (κ3) is 3.57. The number of rotatable bonds is 4. The summed E-state index contributed by atoms with van der Waals surface area (Å²) in [7, 11) is 0. The maximum absolute atomic E-state index is 13.4. The fraction of sp³-hybridized carbons (Fsp3) is 0.619. The Morgan fingerprint density at radius 3 is 2.12 bits per heavy atom. The highest BCUT2D eigenvalue weighted by molar-refractivity contribution is 5.93.